The predicted molar refractivity (Wildman–Crippen MR) is 112 cm³/mol. The first-order valence-electron chi connectivity index (χ1n) is 9.25. The molecule has 0 bridgehead atoms. The minimum Gasteiger partial charge on any atom is -0.436 e. The number of halogens is 3. The Labute approximate surface area is 180 Å². The maximum absolute atomic E-state index is 13.8. The predicted octanol–water partition coefficient (Wildman–Crippen LogP) is 4.25. The van der Waals surface area contributed by atoms with Gasteiger partial charge >= 0.3 is 6.18 Å². The van der Waals surface area contributed by atoms with E-state index in [2.05, 4.69) is 15.1 Å². The van der Waals surface area contributed by atoms with E-state index in [1.807, 2.05) is 0 Å². The molecule has 7 nitrogen and oxygen atoms in total. The van der Waals surface area contributed by atoms with Crippen LogP contribution in [-0.2, 0) is 17.0 Å². The van der Waals surface area contributed by atoms with Gasteiger partial charge in [0, 0.05) is 12.5 Å². The number of rotatable bonds is 3. The molecule has 3 heterocycles. The van der Waals surface area contributed by atoms with Crippen LogP contribution in [0.2, 0.25) is 0 Å². The van der Waals surface area contributed by atoms with Crippen molar-refractivity contribution in [2.24, 2.45) is 0 Å². The van der Waals surface area contributed by atoms with E-state index in [9.17, 15) is 22.2 Å². The zero-order valence-electron chi connectivity index (χ0n) is 16.3. The van der Waals surface area contributed by atoms with E-state index in [-0.39, 0.29) is 28.2 Å². The highest BCUT2D eigenvalue weighted by atomic mass is 32.2. The van der Waals surface area contributed by atoms with Gasteiger partial charge in [-0.1, -0.05) is 36.4 Å². The van der Waals surface area contributed by atoms with Gasteiger partial charge in [-0.2, -0.15) is 17.7 Å². The number of aromatic amines is 1. The molecule has 1 N–H and O–H groups in total. The molecule has 5 aromatic rings. The third kappa shape index (κ3) is 3.12. The second-order valence-electron chi connectivity index (χ2n) is 6.94. The van der Waals surface area contributed by atoms with E-state index >= 15 is 0 Å². The van der Waals surface area contributed by atoms with Gasteiger partial charge in [0.1, 0.15) is 16.8 Å². The average Bonchev–Trinajstić information content (AvgIpc) is 3.36. The van der Waals surface area contributed by atoms with Gasteiger partial charge in [-0.3, -0.25) is 14.1 Å². The lowest BCUT2D eigenvalue weighted by Crippen LogP contribution is -2.18. The van der Waals surface area contributed by atoms with E-state index in [0.717, 1.165) is 10.7 Å². The Hall–Kier alpha value is -3.73. The zero-order chi connectivity index (χ0) is 22.6. The monoisotopic (exact) mass is 458 g/mol. The topological polar surface area (TPSA) is 93.3 Å². The molecule has 11 heteroatoms. The number of aromatic nitrogens is 4. The third-order valence-corrected chi connectivity index (χ3v) is 5.88. The van der Waals surface area contributed by atoms with Crippen LogP contribution < -0.4 is 5.56 Å². The molecular weight excluding hydrogens is 445 g/mol. The molecule has 5 rings (SSSR count). The van der Waals surface area contributed by atoms with Crippen LogP contribution in [0, 0.1) is 0 Å². The summed E-state index contributed by atoms with van der Waals surface area (Å²) in [5.41, 5.74) is -1.59. The smallest absolute Gasteiger partial charge is 0.433 e. The molecule has 0 spiro atoms. The summed E-state index contributed by atoms with van der Waals surface area (Å²) in [6, 6.07) is 12.7. The average molecular weight is 458 g/mol. The molecule has 0 aliphatic carbocycles. The summed E-state index contributed by atoms with van der Waals surface area (Å²) < 4.78 is 59.6. The van der Waals surface area contributed by atoms with Crippen LogP contribution in [-0.4, -0.2) is 30.0 Å². The van der Waals surface area contributed by atoms with E-state index in [4.69, 9.17) is 4.42 Å². The van der Waals surface area contributed by atoms with Crippen LogP contribution >= 0.6 is 0 Å². The second-order valence-corrected chi connectivity index (χ2v) is 8.29. The fourth-order valence-electron chi connectivity index (χ4n) is 3.52. The van der Waals surface area contributed by atoms with Crippen molar-refractivity contribution in [2.75, 3.05) is 6.26 Å². The highest BCUT2D eigenvalue weighted by Crippen LogP contribution is 2.38. The number of hydrogen-bond acceptors (Lipinski definition) is 5. The van der Waals surface area contributed by atoms with E-state index in [1.165, 1.54) is 18.4 Å². The van der Waals surface area contributed by atoms with Crippen molar-refractivity contribution in [2.45, 2.75) is 11.1 Å². The number of nitrogens with zero attached hydrogens (tertiary/aromatic N) is 3. The summed E-state index contributed by atoms with van der Waals surface area (Å²) in [6.07, 6.45) is -2.14. The molecule has 1 atom stereocenters. The van der Waals surface area contributed by atoms with Crippen LogP contribution in [0.25, 0.3) is 39.3 Å². The molecule has 0 amide bonds. The maximum Gasteiger partial charge on any atom is 0.433 e. The van der Waals surface area contributed by atoms with Crippen molar-refractivity contribution < 1.29 is 21.8 Å². The first kappa shape index (κ1) is 20.2. The molecule has 32 heavy (non-hydrogen) atoms. The van der Waals surface area contributed by atoms with Gasteiger partial charge in [-0.25, -0.2) is 9.97 Å². The summed E-state index contributed by atoms with van der Waals surface area (Å²) >= 11 is 0. The van der Waals surface area contributed by atoms with Crippen molar-refractivity contribution in [1.29, 1.82) is 0 Å². The van der Waals surface area contributed by atoms with Gasteiger partial charge in [0.05, 0.1) is 21.3 Å². The number of alkyl halides is 3. The molecule has 0 aliphatic heterocycles. The maximum atomic E-state index is 13.8. The molecular formula is C21H13F3N4O3S. The molecule has 2 aromatic carbocycles. The third-order valence-electron chi connectivity index (χ3n) is 4.93. The number of para-hydroxylation sites is 1. The van der Waals surface area contributed by atoms with Crippen molar-refractivity contribution >= 4 is 27.5 Å². The Balaban J connectivity index is 1.77. The molecule has 1 unspecified atom stereocenters. The van der Waals surface area contributed by atoms with Crippen molar-refractivity contribution in [3.63, 3.8) is 0 Å². The van der Waals surface area contributed by atoms with Crippen molar-refractivity contribution in [1.82, 2.24) is 19.6 Å². The van der Waals surface area contributed by atoms with Gasteiger partial charge in [-0.15, -0.1) is 0 Å². The number of fused-ring (bicyclic) bond motifs is 2. The van der Waals surface area contributed by atoms with E-state index in [1.54, 1.807) is 36.4 Å². The summed E-state index contributed by atoms with van der Waals surface area (Å²) in [4.78, 5) is 21.9. The van der Waals surface area contributed by atoms with Gasteiger partial charge in [0.25, 0.3) is 5.56 Å². The zero-order valence-corrected chi connectivity index (χ0v) is 17.1. The van der Waals surface area contributed by atoms with Gasteiger partial charge in [-0.05, 0) is 17.7 Å². The molecule has 0 saturated heterocycles. The Morgan fingerprint density at radius 1 is 1.09 bits per heavy atom. The normalized spacial score (nSPS) is 13.1. The van der Waals surface area contributed by atoms with E-state index < -0.39 is 28.2 Å². The molecule has 3 aromatic heterocycles. The fraction of sp³-hybridized carbons (Fsp3) is 0.0952. The highest BCUT2D eigenvalue weighted by molar-refractivity contribution is 7.84. The number of oxazole rings is 1. The lowest BCUT2D eigenvalue weighted by atomic mass is 10.1. The Bertz CT molecular complexity index is 1570. The van der Waals surface area contributed by atoms with Gasteiger partial charge in [0.15, 0.2) is 11.2 Å². The molecule has 162 valence electrons. The summed E-state index contributed by atoms with van der Waals surface area (Å²) in [5.74, 6) is -0.130. The SMILES string of the molecule is CS(=O)c1cccc2oc(-c3cnc4c(-c5ccccc5)c(C(F)(F)F)[nH]n4c3=O)nc12. The van der Waals surface area contributed by atoms with E-state index in [0.29, 0.717) is 16.0 Å². The van der Waals surface area contributed by atoms with Crippen LogP contribution in [0.5, 0.6) is 0 Å². The molecule has 0 fully saturated rings. The largest absolute Gasteiger partial charge is 0.436 e. The van der Waals surface area contributed by atoms with Crippen LogP contribution in [0.4, 0.5) is 13.2 Å². The minimum atomic E-state index is -4.75. The second kappa shape index (κ2) is 7.16. The van der Waals surface area contributed by atoms with Gasteiger partial charge < -0.3 is 4.42 Å². The molecule has 0 aliphatic rings. The summed E-state index contributed by atoms with van der Waals surface area (Å²) in [5, 5.41) is 2.14. The Morgan fingerprint density at radius 2 is 1.84 bits per heavy atom. The van der Waals surface area contributed by atoms with Crippen LogP contribution in [0.3, 0.4) is 0 Å². The fourth-order valence-corrected chi connectivity index (χ4v) is 4.20. The quantitative estimate of drug-likeness (QED) is 0.436. The molecule has 0 saturated carbocycles. The van der Waals surface area contributed by atoms with Crippen molar-refractivity contribution in [3.05, 3.63) is 70.8 Å². The Morgan fingerprint density at radius 3 is 2.53 bits per heavy atom. The lowest BCUT2D eigenvalue weighted by molar-refractivity contribution is -0.140. The minimum absolute atomic E-state index is 0.130. The first-order valence-corrected chi connectivity index (χ1v) is 10.8. The number of hydrogen-bond donors (Lipinski definition) is 1. The van der Waals surface area contributed by atoms with Crippen LogP contribution in [0.15, 0.2) is 68.8 Å². The number of benzene rings is 2. The van der Waals surface area contributed by atoms with Crippen molar-refractivity contribution in [3.8, 4) is 22.6 Å². The van der Waals surface area contributed by atoms with Gasteiger partial charge in [0.2, 0.25) is 5.89 Å². The molecule has 0 radical (unpaired) electrons. The Kier molecular flexibility index (Phi) is 4.52. The number of H-pyrrole nitrogens is 1. The highest BCUT2D eigenvalue weighted by Gasteiger charge is 2.38. The standard InChI is InChI=1S/C21H13F3N4O3S/c1-32(30)14-9-5-8-13-16(14)26-19(31-13)12-10-25-18-15(11-6-3-2-4-7-11)17(21(22,23)24)27-28(18)20(12)29/h2-10,27H,1H3. The summed E-state index contributed by atoms with van der Waals surface area (Å²) in [7, 11) is -1.36. The van der Waals surface area contributed by atoms with Crippen LogP contribution in [0.1, 0.15) is 5.69 Å². The lowest BCUT2D eigenvalue weighted by Gasteiger charge is -2.06. The number of nitrogens with one attached hydrogen (secondary N) is 1. The summed E-state index contributed by atoms with van der Waals surface area (Å²) in [6.45, 7) is 0. The first-order chi connectivity index (χ1) is 15.3.